The molecule has 4 heterocycles. The predicted molar refractivity (Wildman–Crippen MR) is 130 cm³/mol. The van der Waals surface area contributed by atoms with Crippen molar-refractivity contribution in [3.63, 3.8) is 0 Å². The first-order chi connectivity index (χ1) is 16.3. The number of hydroxylamine groups is 1. The average Bonchev–Trinajstić information content (AvgIpc) is 3.00. The molecule has 1 saturated heterocycles. The van der Waals surface area contributed by atoms with Crippen LogP contribution in [0.5, 0.6) is 0 Å². The van der Waals surface area contributed by atoms with Crippen LogP contribution in [0.2, 0.25) is 5.02 Å². The third kappa shape index (κ3) is 4.07. The lowest BCUT2D eigenvalue weighted by molar-refractivity contribution is -0.148. The Bertz CT molecular complexity index is 1150. The molecule has 1 fully saturated rings. The summed E-state index contributed by atoms with van der Waals surface area (Å²) in [5.41, 5.74) is 2.75. The number of piperidine rings is 1. The zero-order chi connectivity index (χ0) is 24.0. The van der Waals surface area contributed by atoms with Gasteiger partial charge in [0.25, 0.3) is 0 Å². The molecule has 0 saturated carbocycles. The maximum absolute atomic E-state index is 12.5. The van der Waals surface area contributed by atoms with Crippen LogP contribution in [-0.2, 0) is 9.53 Å². The molecule has 0 amide bonds. The van der Waals surface area contributed by atoms with Gasteiger partial charge in [0, 0.05) is 37.9 Å². The molecule has 11 heteroatoms. The van der Waals surface area contributed by atoms with Gasteiger partial charge in [-0.2, -0.15) is 10.2 Å². The molecular formula is C23H28ClN7O3. The van der Waals surface area contributed by atoms with Crippen molar-refractivity contribution in [2.75, 3.05) is 48.5 Å². The quantitative estimate of drug-likeness (QED) is 0.561. The van der Waals surface area contributed by atoms with E-state index in [0.717, 1.165) is 35.2 Å². The van der Waals surface area contributed by atoms with E-state index < -0.39 is 5.97 Å². The highest BCUT2D eigenvalue weighted by Crippen LogP contribution is 2.38. The third-order valence-electron chi connectivity index (χ3n) is 6.31. The van der Waals surface area contributed by atoms with Crippen molar-refractivity contribution < 1.29 is 14.7 Å². The van der Waals surface area contributed by atoms with Gasteiger partial charge in [-0.25, -0.2) is 9.78 Å². The number of rotatable bonds is 3. The Balaban J connectivity index is 1.48. The maximum atomic E-state index is 12.5. The first kappa shape index (κ1) is 22.5. The van der Waals surface area contributed by atoms with Crippen LogP contribution in [0.25, 0.3) is 5.70 Å². The number of nitrogens with one attached hydrogen (secondary N) is 2. The summed E-state index contributed by atoms with van der Waals surface area (Å²) in [5, 5.41) is 19.8. The van der Waals surface area contributed by atoms with Gasteiger partial charge in [0.1, 0.15) is 11.6 Å². The molecule has 0 bridgehead atoms. The summed E-state index contributed by atoms with van der Waals surface area (Å²) in [6.07, 6.45) is 2.82. The Hall–Kier alpha value is -3.24. The molecular weight excluding hydrogens is 458 g/mol. The summed E-state index contributed by atoms with van der Waals surface area (Å²) in [5.74, 6) is 1.71. The first-order valence-corrected chi connectivity index (χ1v) is 11.8. The zero-order valence-electron chi connectivity index (χ0n) is 19.4. The molecule has 0 radical (unpaired) electrons. The highest BCUT2D eigenvalue weighted by atomic mass is 35.5. The van der Waals surface area contributed by atoms with E-state index in [9.17, 15) is 10.0 Å². The number of hydrazine groups is 1. The maximum Gasteiger partial charge on any atom is 0.361 e. The number of esters is 1. The van der Waals surface area contributed by atoms with Crippen LogP contribution in [0.3, 0.4) is 0 Å². The minimum absolute atomic E-state index is 0.0420. The van der Waals surface area contributed by atoms with Crippen LogP contribution < -0.4 is 20.5 Å². The number of fused-ring (bicyclic) bond motifs is 2. The highest BCUT2D eigenvalue weighted by molar-refractivity contribution is 6.32. The van der Waals surface area contributed by atoms with E-state index in [1.807, 2.05) is 18.2 Å². The second-order valence-corrected chi connectivity index (χ2v) is 9.58. The lowest BCUT2D eigenvalue weighted by Crippen LogP contribution is -2.43. The Morgan fingerprint density at radius 2 is 2.03 bits per heavy atom. The molecule has 3 N–H and O–H groups in total. The fourth-order valence-corrected chi connectivity index (χ4v) is 5.03. The Morgan fingerprint density at radius 1 is 1.26 bits per heavy atom. The van der Waals surface area contributed by atoms with Gasteiger partial charge in [-0.05, 0) is 36.5 Å². The second-order valence-electron chi connectivity index (χ2n) is 9.17. The van der Waals surface area contributed by atoms with Gasteiger partial charge in [0.15, 0.2) is 11.5 Å². The van der Waals surface area contributed by atoms with Crippen LogP contribution in [0.15, 0.2) is 30.1 Å². The number of carbonyl (C=O) groups excluding carboxylic acids is 1. The number of anilines is 4. The topological polar surface area (TPSA) is 106 Å². The molecule has 2 atom stereocenters. The molecule has 3 aliphatic heterocycles. The average molecular weight is 486 g/mol. The van der Waals surface area contributed by atoms with Crippen LogP contribution >= 0.6 is 11.6 Å². The molecule has 2 aromatic rings. The number of hydrogen-bond donors (Lipinski definition) is 3. The summed E-state index contributed by atoms with van der Waals surface area (Å²) in [6, 6.07) is 5.61. The highest BCUT2D eigenvalue weighted by Gasteiger charge is 2.35. The number of halogens is 1. The van der Waals surface area contributed by atoms with Crippen molar-refractivity contribution in [2.24, 2.45) is 11.8 Å². The van der Waals surface area contributed by atoms with Gasteiger partial charge in [-0.15, -0.1) is 0 Å². The number of hydrogen-bond acceptors (Lipinski definition) is 10. The number of carbonyl (C=O) groups is 1. The van der Waals surface area contributed by atoms with Gasteiger partial charge in [0.05, 0.1) is 17.6 Å². The first-order valence-electron chi connectivity index (χ1n) is 11.4. The van der Waals surface area contributed by atoms with Crippen LogP contribution in [-0.4, -0.2) is 59.6 Å². The Kier molecular flexibility index (Phi) is 5.86. The molecule has 5 rings (SSSR count). The number of nitrogens with zero attached hydrogens (tertiary/aromatic N) is 5. The SMILES string of the molecule is CC1CC(C)CN(c2ncc(Cl)c(Nc3ccc4c(c3)C3=C(C(=O)OCCN3)N(O)N4C)n2)C1. The van der Waals surface area contributed by atoms with Crippen molar-refractivity contribution in [3.05, 3.63) is 40.7 Å². The Labute approximate surface area is 203 Å². The molecule has 180 valence electrons. The fourth-order valence-electron chi connectivity index (χ4n) is 4.89. The predicted octanol–water partition coefficient (Wildman–Crippen LogP) is 3.23. The molecule has 1 aromatic carbocycles. The Morgan fingerprint density at radius 3 is 2.79 bits per heavy atom. The summed E-state index contributed by atoms with van der Waals surface area (Å²) < 4.78 is 5.19. The van der Waals surface area contributed by atoms with Gasteiger partial charge in [-0.3, -0.25) is 10.2 Å². The summed E-state index contributed by atoms with van der Waals surface area (Å²) in [4.78, 5) is 23.9. The zero-order valence-corrected chi connectivity index (χ0v) is 20.1. The smallest absolute Gasteiger partial charge is 0.361 e. The number of cyclic esters (lactones) is 1. The third-order valence-corrected chi connectivity index (χ3v) is 6.59. The summed E-state index contributed by atoms with van der Waals surface area (Å²) in [6.45, 7) is 6.96. The molecule has 0 spiro atoms. The van der Waals surface area contributed by atoms with E-state index in [1.54, 1.807) is 13.2 Å². The normalized spacial score (nSPS) is 22.5. The monoisotopic (exact) mass is 485 g/mol. The van der Waals surface area contributed by atoms with Gasteiger partial charge in [0.2, 0.25) is 5.95 Å². The van der Waals surface area contributed by atoms with E-state index in [1.165, 1.54) is 11.4 Å². The second kappa shape index (κ2) is 8.84. The standard InChI is InChI=1S/C23H28ClN7O3/c1-13-8-14(2)12-30(11-13)23-26-10-17(24)21(28-23)27-15-4-5-18-16(9-15)19-20(31(33)29(18)3)22(32)34-7-6-25-19/h4-5,9-10,13-14,25,33H,6-8,11-12H2,1-3H3,(H,26,27,28). The van der Waals surface area contributed by atoms with E-state index in [0.29, 0.717) is 40.9 Å². The lowest BCUT2D eigenvalue weighted by Gasteiger charge is -2.36. The van der Waals surface area contributed by atoms with Crippen molar-refractivity contribution in [1.82, 2.24) is 20.5 Å². The molecule has 1 aromatic heterocycles. The molecule has 10 nitrogen and oxygen atoms in total. The van der Waals surface area contributed by atoms with Crippen molar-refractivity contribution >= 4 is 46.4 Å². The summed E-state index contributed by atoms with van der Waals surface area (Å²) in [7, 11) is 1.67. The van der Waals surface area contributed by atoms with E-state index in [4.69, 9.17) is 21.3 Å². The lowest BCUT2D eigenvalue weighted by atomic mass is 9.92. The van der Waals surface area contributed by atoms with Crippen molar-refractivity contribution in [1.29, 1.82) is 0 Å². The van der Waals surface area contributed by atoms with Crippen molar-refractivity contribution in [2.45, 2.75) is 20.3 Å². The number of aromatic nitrogens is 2. The minimum Gasteiger partial charge on any atom is -0.459 e. The fraction of sp³-hybridized carbons (Fsp3) is 0.435. The van der Waals surface area contributed by atoms with E-state index in [2.05, 4.69) is 34.4 Å². The van der Waals surface area contributed by atoms with Crippen molar-refractivity contribution in [3.8, 4) is 0 Å². The molecule has 0 aliphatic carbocycles. The number of ether oxygens (including phenoxy) is 1. The van der Waals surface area contributed by atoms with Crippen LogP contribution in [0, 0.1) is 11.8 Å². The van der Waals surface area contributed by atoms with Crippen LogP contribution in [0.4, 0.5) is 23.1 Å². The molecule has 3 aliphatic rings. The molecule has 34 heavy (non-hydrogen) atoms. The van der Waals surface area contributed by atoms with Gasteiger partial charge >= 0.3 is 5.97 Å². The van der Waals surface area contributed by atoms with E-state index in [-0.39, 0.29) is 12.3 Å². The van der Waals surface area contributed by atoms with Crippen LogP contribution in [0.1, 0.15) is 25.8 Å². The van der Waals surface area contributed by atoms with Gasteiger partial charge < -0.3 is 20.3 Å². The van der Waals surface area contributed by atoms with Gasteiger partial charge in [-0.1, -0.05) is 25.4 Å². The molecule has 2 unspecified atom stereocenters. The minimum atomic E-state index is -0.591. The number of benzene rings is 1. The van der Waals surface area contributed by atoms with E-state index >= 15 is 0 Å². The largest absolute Gasteiger partial charge is 0.459 e. The summed E-state index contributed by atoms with van der Waals surface area (Å²) >= 11 is 6.44.